The predicted octanol–water partition coefficient (Wildman–Crippen LogP) is 4.47. The van der Waals surface area contributed by atoms with Crippen LogP contribution in [0.1, 0.15) is 78.6 Å². The average molecular weight is 252 g/mol. The molecule has 1 atom stereocenters. The van der Waals surface area contributed by atoms with Crippen LogP contribution in [0.15, 0.2) is 0 Å². The summed E-state index contributed by atoms with van der Waals surface area (Å²) >= 11 is 0. The first-order valence-corrected chi connectivity index (χ1v) is 7.36. The molecule has 0 N–H and O–H groups in total. The van der Waals surface area contributed by atoms with Gasteiger partial charge in [0.25, 0.3) is 0 Å². The van der Waals surface area contributed by atoms with Crippen LogP contribution in [0.5, 0.6) is 0 Å². The fourth-order valence-electron chi connectivity index (χ4n) is 1.77. The van der Waals surface area contributed by atoms with E-state index in [0.29, 0.717) is 0 Å². The third-order valence-electron chi connectivity index (χ3n) is 2.80. The monoisotopic (exact) mass is 252 g/mol. The fourth-order valence-corrected chi connectivity index (χ4v) is 1.77. The maximum Gasteiger partial charge on any atom is 0.303 e. The first kappa shape index (κ1) is 17.0. The third-order valence-corrected chi connectivity index (χ3v) is 2.80. The largest absolute Gasteiger partial charge is 0.449 e. The van der Waals surface area contributed by atoms with Crippen molar-refractivity contribution in [1.82, 2.24) is 0 Å². The standard InChI is InChI=1S/C16H28O2/c1-4-6-8-9-10-12-14-16(18-15(3)17)13-11-7-5-2/h16H,4-11,13H2,1-3H3. The van der Waals surface area contributed by atoms with E-state index >= 15 is 0 Å². The van der Waals surface area contributed by atoms with Gasteiger partial charge in [0.1, 0.15) is 0 Å². The second kappa shape index (κ2) is 12.5. The highest BCUT2D eigenvalue weighted by Crippen LogP contribution is 2.07. The summed E-state index contributed by atoms with van der Waals surface area (Å²) < 4.78 is 5.21. The van der Waals surface area contributed by atoms with E-state index < -0.39 is 0 Å². The van der Waals surface area contributed by atoms with E-state index in [1.165, 1.54) is 39.0 Å². The highest BCUT2D eigenvalue weighted by molar-refractivity contribution is 5.66. The van der Waals surface area contributed by atoms with E-state index in [9.17, 15) is 4.79 Å². The van der Waals surface area contributed by atoms with Crippen LogP contribution in [0.3, 0.4) is 0 Å². The molecule has 2 nitrogen and oxygen atoms in total. The van der Waals surface area contributed by atoms with Crippen molar-refractivity contribution in [2.45, 2.75) is 84.7 Å². The van der Waals surface area contributed by atoms with Crippen molar-refractivity contribution in [1.29, 1.82) is 0 Å². The Bertz CT molecular complexity index is 260. The molecule has 18 heavy (non-hydrogen) atoms. The van der Waals surface area contributed by atoms with Crippen molar-refractivity contribution < 1.29 is 9.53 Å². The molecular formula is C16H28O2. The van der Waals surface area contributed by atoms with Crippen molar-refractivity contribution in [3.8, 4) is 11.8 Å². The summed E-state index contributed by atoms with van der Waals surface area (Å²) in [4.78, 5) is 11.0. The molecule has 0 aliphatic rings. The van der Waals surface area contributed by atoms with Gasteiger partial charge in [0, 0.05) is 13.3 Å². The Kier molecular flexibility index (Phi) is 11.8. The number of hydrogen-bond acceptors (Lipinski definition) is 2. The smallest absolute Gasteiger partial charge is 0.303 e. The first-order chi connectivity index (χ1) is 8.70. The van der Waals surface area contributed by atoms with Crippen molar-refractivity contribution >= 4 is 5.97 Å². The number of unbranched alkanes of at least 4 members (excludes halogenated alkanes) is 6. The van der Waals surface area contributed by atoms with Crippen LogP contribution < -0.4 is 0 Å². The zero-order valence-electron chi connectivity index (χ0n) is 12.3. The molecule has 0 saturated carbocycles. The number of hydrogen-bond donors (Lipinski definition) is 0. The number of rotatable bonds is 9. The SMILES string of the molecule is CCCCCCC#CC(CCCCC)OC(C)=O. The summed E-state index contributed by atoms with van der Waals surface area (Å²) in [6.07, 6.45) is 9.97. The van der Waals surface area contributed by atoms with Crippen molar-refractivity contribution in [3.05, 3.63) is 0 Å². The average Bonchev–Trinajstić information content (AvgIpc) is 2.33. The van der Waals surface area contributed by atoms with Crippen LogP contribution >= 0.6 is 0 Å². The minimum Gasteiger partial charge on any atom is -0.449 e. The Morgan fingerprint density at radius 2 is 1.72 bits per heavy atom. The van der Waals surface area contributed by atoms with Crippen molar-refractivity contribution in [2.24, 2.45) is 0 Å². The third kappa shape index (κ3) is 11.5. The number of carbonyl (C=O) groups is 1. The minimum atomic E-state index is -0.225. The van der Waals surface area contributed by atoms with Gasteiger partial charge in [-0.25, -0.2) is 0 Å². The molecule has 0 aromatic heterocycles. The van der Waals surface area contributed by atoms with E-state index in [1.54, 1.807) is 0 Å². The maximum absolute atomic E-state index is 11.0. The molecule has 1 unspecified atom stereocenters. The molecule has 0 radical (unpaired) electrons. The maximum atomic E-state index is 11.0. The summed E-state index contributed by atoms with van der Waals surface area (Å²) in [5, 5.41) is 0. The Morgan fingerprint density at radius 3 is 2.33 bits per heavy atom. The molecule has 0 bridgehead atoms. The normalized spacial score (nSPS) is 11.5. The topological polar surface area (TPSA) is 26.3 Å². The second-order valence-electron chi connectivity index (χ2n) is 4.73. The Hall–Kier alpha value is -0.970. The quantitative estimate of drug-likeness (QED) is 0.344. The fraction of sp³-hybridized carbons (Fsp3) is 0.812. The summed E-state index contributed by atoms with van der Waals surface area (Å²) in [6.45, 7) is 5.83. The van der Waals surface area contributed by atoms with Gasteiger partial charge in [0.05, 0.1) is 0 Å². The van der Waals surface area contributed by atoms with Crippen LogP contribution in [0.2, 0.25) is 0 Å². The van der Waals surface area contributed by atoms with Crippen molar-refractivity contribution in [2.75, 3.05) is 0 Å². The van der Waals surface area contributed by atoms with Crippen LogP contribution in [-0.4, -0.2) is 12.1 Å². The molecule has 0 saturated heterocycles. The van der Waals surface area contributed by atoms with E-state index in [4.69, 9.17) is 4.74 Å². The van der Waals surface area contributed by atoms with Gasteiger partial charge in [-0.2, -0.15) is 0 Å². The van der Waals surface area contributed by atoms with Gasteiger partial charge in [-0.3, -0.25) is 4.79 Å². The molecular weight excluding hydrogens is 224 g/mol. The van der Waals surface area contributed by atoms with Crippen LogP contribution in [0.4, 0.5) is 0 Å². The van der Waals surface area contributed by atoms with Gasteiger partial charge in [0.2, 0.25) is 0 Å². The zero-order chi connectivity index (χ0) is 13.6. The summed E-state index contributed by atoms with van der Waals surface area (Å²) in [6, 6.07) is 0. The lowest BCUT2D eigenvalue weighted by molar-refractivity contribution is -0.144. The molecule has 104 valence electrons. The molecule has 0 amide bonds. The number of esters is 1. The van der Waals surface area contributed by atoms with Crippen LogP contribution in [-0.2, 0) is 9.53 Å². The number of ether oxygens (including phenoxy) is 1. The highest BCUT2D eigenvalue weighted by atomic mass is 16.5. The van der Waals surface area contributed by atoms with Gasteiger partial charge >= 0.3 is 5.97 Å². The number of carbonyl (C=O) groups excluding carboxylic acids is 1. The Labute approximate surface area is 112 Å². The van der Waals surface area contributed by atoms with Crippen LogP contribution in [0, 0.1) is 11.8 Å². The molecule has 0 aromatic carbocycles. The molecule has 0 heterocycles. The van der Waals surface area contributed by atoms with E-state index in [0.717, 1.165) is 25.7 Å². The molecule has 2 heteroatoms. The van der Waals surface area contributed by atoms with Gasteiger partial charge in [-0.05, 0) is 19.3 Å². The molecule has 0 fully saturated rings. The summed E-state index contributed by atoms with van der Waals surface area (Å²) in [5.41, 5.74) is 0. The van der Waals surface area contributed by atoms with Gasteiger partial charge < -0.3 is 4.74 Å². The lowest BCUT2D eigenvalue weighted by Crippen LogP contribution is -2.14. The molecule has 0 aromatic rings. The van der Waals surface area contributed by atoms with Crippen LogP contribution in [0.25, 0.3) is 0 Å². The van der Waals surface area contributed by atoms with Gasteiger partial charge in [-0.1, -0.05) is 57.8 Å². The lowest BCUT2D eigenvalue weighted by Gasteiger charge is -2.10. The zero-order valence-corrected chi connectivity index (χ0v) is 12.3. The summed E-state index contributed by atoms with van der Waals surface area (Å²) in [5.74, 6) is 6.02. The highest BCUT2D eigenvalue weighted by Gasteiger charge is 2.07. The van der Waals surface area contributed by atoms with Crippen molar-refractivity contribution in [3.63, 3.8) is 0 Å². The summed E-state index contributed by atoms with van der Waals surface area (Å²) in [7, 11) is 0. The first-order valence-electron chi connectivity index (χ1n) is 7.36. The lowest BCUT2D eigenvalue weighted by atomic mass is 10.1. The molecule has 0 aliphatic carbocycles. The predicted molar refractivity (Wildman–Crippen MR) is 76.2 cm³/mol. The van der Waals surface area contributed by atoms with Gasteiger partial charge in [0.15, 0.2) is 6.10 Å². The Morgan fingerprint density at radius 1 is 1.06 bits per heavy atom. The van der Waals surface area contributed by atoms with E-state index in [-0.39, 0.29) is 12.1 Å². The van der Waals surface area contributed by atoms with E-state index in [2.05, 4.69) is 25.7 Å². The molecule has 0 aliphatic heterocycles. The molecule has 0 spiro atoms. The van der Waals surface area contributed by atoms with Gasteiger partial charge in [-0.15, -0.1) is 0 Å². The van der Waals surface area contributed by atoms with E-state index in [1.807, 2.05) is 0 Å². The molecule has 0 rings (SSSR count). The minimum absolute atomic E-state index is 0.194. The second-order valence-corrected chi connectivity index (χ2v) is 4.73. The Balaban J connectivity index is 3.90.